The van der Waals surface area contributed by atoms with Crippen molar-refractivity contribution in [2.45, 2.75) is 20.8 Å². The van der Waals surface area contributed by atoms with Crippen LogP contribution in [0.25, 0.3) is 0 Å². The number of carbonyl (C=O) groups is 1. The number of carbonyl (C=O) groups excluding carboxylic acids is 1. The number of amides is 2. The normalized spacial score (nSPS) is 10.3. The Kier molecular flexibility index (Phi) is 6.57. The number of aryl methyl sites for hydroxylation is 3. The lowest BCUT2D eigenvalue weighted by Gasteiger charge is -2.11. The van der Waals surface area contributed by atoms with E-state index >= 15 is 0 Å². The minimum absolute atomic E-state index is 0.246. The summed E-state index contributed by atoms with van der Waals surface area (Å²) >= 11 is 0. The molecule has 3 aromatic rings. The van der Waals surface area contributed by atoms with Gasteiger partial charge in [-0.2, -0.15) is 0 Å². The molecule has 0 fully saturated rings. The van der Waals surface area contributed by atoms with Gasteiger partial charge in [-0.3, -0.25) is 0 Å². The molecule has 3 rings (SSSR count). The number of hydrogen-bond donors (Lipinski definition) is 4. The lowest BCUT2D eigenvalue weighted by Crippen LogP contribution is -2.32. The fourth-order valence-corrected chi connectivity index (χ4v) is 2.72. The zero-order valence-electron chi connectivity index (χ0n) is 16.8. The van der Waals surface area contributed by atoms with Crippen LogP contribution in [-0.2, 0) is 0 Å². The maximum atomic E-state index is 12.0. The largest absolute Gasteiger partial charge is 0.368 e. The molecule has 0 aliphatic heterocycles. The Hall–Kier alpha value is -3.68. The number of aromatic nitrogens is 3. The minimum Gasteiger partial charge on any atom is -0.368 e. The van der Waals surface area contributed by atoms with Crippen LogP contribution in [0.15, 0.2) is 48.7 Å². The van der Waals surface area contributed by atoms with Crippen LogP contribution < -0.4 is 21.3 Å². The monoisotopic (exact) mass is 391 g/mol. The number of benzene rings is 1. The summed E-state index contributed by atoms with van der Waals surface area (Å²) in [5, 5.41) is 12.0. The first-order chi connectivity index (χ1) is 14.0. The Bertz CT molecular complexity index is 990. The molecule has 2 heterocycles. The SMILES string of the molecule is Cc1cccc(NC(=O)NCCNc2cc(Nc3cc(C)ccn3)nc(C)n2)c1. The van der Waals surface area contributed by atoms with Crippen LogP contribution in [0.3, 0.4) is 0 Å². The van der Waals surface area contributed by atoms with E-state index < -0.39 is 0 Å². The van der Waals surface area contributed by atoms with Gasteiger partial charge in [-0.05, 0) is 56.2 Å². The summed E-state index contributed by atoms with van der Waals surface area (Å²) in [5.41, 5.74) is 2.97. The average Bonchev–Trinajstić information content (AvgIpc) is 2.65. The molecule has 0 atom stereocenters. The molecular formula is C21H25N7O. The fourth-order valence-electron chi connectivity index (χ4n) is 2.72. The summed E-state index contributed by atoms with van der Waals surface area (Å²) in [6.07, 6.45) is 1.75. The van der Waals surface area contributed by atoms with Crippen molar-refractivity contribution in [1.82, 2.24) is 20.3 Å². The quantitative estimate of drug-likeness (QED) is 0.457. The maximum Gasteiger partial charge on any atom is 0.319 e. The number of hydrogen-bond acceptors (Lipinski definition) is 6. The van der Waals surface area contributed by atoms with Gasteiger partial charge in [0.15, 0.2) is 0 Å². The molecule has 0 unspecified atom stereocenters. The second-order valence-corrected chi connectivity index (χ2v) is 6.71. The molecule has 2 aromatic heterocycles. The van der Waals surface area contributed by atoms with Crippen LogP contribution in [0.2, 0.25) is 0 Å². The lowest BCUT2D eigenvalue weighted by molar-refractivity contribution is 0.252. The summed E-state index contributed by atoms with van der Waals surface area (Å²) in [5.74, 6) is 2.69. The van der Waals surface area contributed by atoms with Crippen molar-refractivity contribution in [3.63, 3.8) is 0 Å². The van der Waals surface area contributed by atoms with Gasteiger partial charge in [-0.1, -0.05) is 12.1 Å². The number of nitrogens with zero attached hydrogens (tertiary/aromatic N) is 3. The summed E-state index contributed by atoms with van der Waals surface area (Å²) < 4.78 is 0. The predicted molar refractivity (Wildman–Crippen MR) is 116 cm³/mol. The Morgan fingerprint density at radius 1 is 0.897 bits per heavy atom. The summed E-state index contributed by atoms with van der Waals surface area (Å²) in [6.45, 7) is 6.79. The van der Waals surface area contributed by atoms with Gasteiger partial charge in [0.05, 0.1) is 0 Å². The van der Waals surface area contributed by atoms with Crippen LogP contribution in [0.5, 0.6) is 0 Å². The first-order valence-electron chi connectivity index (χ1n) is 9.39. The van der Waals surface area contributed by atoms with Crippen molar-refractivity contribution in [3.05, 3.63) is 65.6 Å². The molecule has 0 spiro atoms. The average molecular weight is 391 g/mol. The maximum absolute atomic E-state index is 12.0. The summed E-state index contributed by atoms with van der Waals surface area (Å²) in [7, 11) is 0. The second-order valence-electron chi connectivity index (χ2n) is 6.71. The number of pyridine rings is 1. The third-order valence-electron chi connectivity index (χ3n) is 4.00. The van der Waals surface area contributed by atoms with Gasteiger partial charge in [0.25, 0.3) is 0 Å². The molecule has 0 saturated heterocycles. The molecule has 150 valence electrons. The highest BCUT2D eigenvalue weighted by atomic mass is 16.2. The van der Waals surface area contributed by atoms with Crippen LogP contribution in [0.1, 0.15) is 17.0 Å². The topological polar surface area (TPSA) is 104 Å². The van der Waals surface area contributed by atoms with Gasteiger partial charge in [-0.15, -0.1) is 0 Å². The van der Waals surface area contributed by atoms with Crippen molar-refractivity contribution in [2.75, 3.05) is 29.0 Å². The molecule has 0 radical (unpaired) electrons. The van der Waals surface area contributed by atoms with Crippen LogP contribution in [0.4, 0.5) is 27.9 Å². The smallest absolute Gasteiger partial charge is 0.319 e. The standard InChI is InChI=1S/C21H25N7O/c1-14-5-4-6-17(11-14)27-21(29)24-10-9-23-19-13-20(26-16(3)25-19)28-18-12-15(2)7-8-22-18/h4-8,11-13H,9-10H2,1-3H3,(H2,24,27,29)(H2,22,23,25,26,28). The van der Waals surface area contributed by atoms with Gasteiger partial charge in [0.1, 0.15) is 23.3 Å². The minimum atomic E-state index is -0.246. The van der Waals surface area contributed by atoms with E-state index in [-0.39, 0.29) is 6.03 Å². The Morgan fingerprint density at radius 2 is 1.69 bits per heavy atom. The van der Waals surface area contributed by atoms with Crippen LogP contribution in [-0.4, -0.2) is 34.1 Å². The second kappa shape index (κ2) is 9.50. The van der Waals surface area contributed by atoms with Crippen molar-refractivity contribution in [3.8, 4) is 0 Å². The number of rotatable bonds is 7. The van der Waals surface area contributed by atoms with E-state index in [9.17, 15) is 4.79 Å². The first-order valence-corrected chi connectivity index (χ1v) is 9.39. The third kappa shape index (κ3) is 6.46. The predicted octanol–water partition coefficient (Wildman–Crippen LogP) is 3.77. The van der Waals surface area contributed by atoms with E-state index in [1.165, 1.54) is 0 Å². The molecule has 29 heavy (non-hydrogen) atoms. The molecule has 0 saturated carbocycles. The van der Waals surface area contributed by atoms with Gasteiger partial charge in [0.2, 0.25) is 0 Å². The Labute approximate surface area is 170 Å². The summed E-state index contributed by atoms with van der Waals surface area (Å²) in [4.78, 5) is 25.0. The number of anilines is 4. The highest BCUT2D eigenvalue weighted by molar-refractivity contribution is 5.89. The van der Waals surface area contributed by atoms with Gasteiger partial charge < -0.3 is 21.3 Å². The van der Waals surface area contributed by atoms with E-state index in [1.807, 2.05) is 63.2 Å². The van der Waals surface area contributed by atoms with Gasteiger partial charge in [-0.25, -0.2) is 19.7 Å². The number of nitrogens with one attached hydrogen (secondary N) is 4. The molecule has 0 aliphatic carbocycles. The zero-order valence-corrected chi connectivity index (χ0v) is 16.8. The van der Waals surface area contributed by atoms with Crippen LogP contribution in [0, 0.1) is 20.8 Å². The van der Waals surface area contributed by atoms with Crippen molar-refractivity contribution in [2.24, 2.45) is 0 Å². The van der Waals surface area contributed by atoms with Crippen molar-refractivity contribution in [1.29, 1.82) is 0 Å². The highest BCUT2D eigenvalue weighted by Gasteiger charge is 2.05. The van der Waals surface area contributed by atoms with Gasteiger partial charge in [0, 0.05) is 31.0 Å². The van der Waals surface area contributed by atoms with Crippen LogP contribution >= 0.6 is 0 Å². The lowest BCUT2D eigenvalue weighted by atomic mass is 10.2. The van der Waals surface area contributed by atoms with Gasteiger partial charge >= 0.3 is 6.03 Å². The zero-order chi connectivity index (χ0) is 20.6. The third-order valence-corrected chi connectivity index (χ3v) is 4.00. The Balaban J connectivity index is 1.49. The van der Waals surface area contributed by atoms with Crippen molar-refractivity contribution >= 4 is 29.2 Å². The van der Waals surface area contributed by atoms with E-state index in [0.29, 0.717) is 30.5 Å². The molecule has 4 N–H and O–H groups in total. The molecule has 8 heteroatoms. The molecular weight excluding hydrogens is 366 g/mol. The molecule has 2 amide bonds. The molecule has 8 nitrogen and oxygen atoms in total. The molecule has 0 bridgehead atoms. The molecule has 0 aliphatic rings. The fraction of sp³-hybridized carbons (Fsp3) is 0.238. The van der Waals surface area contributed by atoms with Crippen molar-refractivity contribution < 1.29 is 4.79 Å². The highest BCUT2D eigenvalue weighted by Crippen LogP contribution is 2.16. The van der Waals surface area contributed by atoms with E-state index in [1.54, 1.807) is 6.20 Å². The number of urea groups is 1. The first kappa shape index (κ1) is 20.1. The van der Waals surface area contributed by atoms with E-state index in [4.69, 9.17) is 0 Å². The molecule has 1 aromatic carbocycles. The van der Waals surface area contributed by atoms with E-state index in [0.717, 1.165) is 22.6 Å². The Morgan fingerprint density at radius 3 is 2.48 bits per heavy atom. The summed E-state index contributed by atoms with van der Waals surface area (Å²) in [6, 6.07) is 13.1. The van der Waals surface area contributed by atoms with E-state index in [2.05, 4.69) is 36.2 Å².